The summed E-state index contributed by atoms with van der Waals surface area (Å²) < 4.78 is 0. The fraction of sp³-hybridized carbons (Fsp3) is 0.222. The number of thiol groups is 1. The molecule has 0 aliphatic heterocycles. The Labute approximate surface area is 87.7 Å². The van der Waals surface area contributed by atoms with Crippen LogP contribution in [0, 0.1) is 0 Å². The third kappa shape index (κ3) is 3.28. The maximum atomic E-state index is 11.3. The Morgan fingerprint density at radius 3 is 2.54 bits per heavy atom. The predicted octanol–water partition coefficient (Wildman–Crippen LogP) is 2.00. The highest BCUT2D eigenvalue weighted by molar-refractivity contribution is 7.80. The lowest BCUT2D eigenvalue weighted by molar-refractivity contribution is 0.0956. The summed E-state index contributed by atoms with van der Waals surface area (Å²) in [5.74, 6) is 0.546. The topological polar surface area (TPSA) is 29.1 Å². The van der Waals surface area contributed by atoms with Crippen molar-refractivity contribution in [2.45, 2.75) is 0 Å². The van der Waals surface area contributed by atoms with Crippen LogP contribution in [-0.4, -0.2) is 18.2 Å². The smallest absolute Gasteiger partial charge is 0.251 e. The van der Waals surface area contributed by atoms with E-state index in [0.717, 1.165) is 0 Å². The number of carbonyl (C=O) groups excluding carboxylic acids is 1. The molecule has 1 rings (SSSR count). The molecule has 0 bridgehead atoms. The Bertz CT molecular complexity index is 286. The van der Waals surface area contributed by atoms with E-state index in [0.29, 0.717) is 22.9 Å². The van der Waals surface area contributed by atoms with Gasteiger partial charge in [-0.15, -0.1) is 0 Å². The number of benzene rings is 1. The average Bonchev–Trinajstić information content (AvgIpc) is 2.15. The van der Waals surface area contributed by atoms with E-state index in [2.05, 4.69) is 17.9 Å². The van der Waals surface area contributed by atoms with Gasteiger partial charge in [0.1, 0.15) is 0 Å². The number of rotatable bonds is 3. The van der Waals surface area contributed by atoms with Gasteiger partial charge in [-0.05, 0) is 24.3 Å². The van der Waals surface area contributed by atoms with Crippen LogP contribution >= 0.6 is 24.2 Å². The molecule has 2 nitrogen and oxygen atoms in total. The van der Waals surface area contributed by atoms with Crippen LogP contribution in [0.1, 0.15) is 10.4 Å². The molecule has 0 unspecified atom stereocenters. The Balaban J connectivity index is 2.61. The molecular formula is C9H10ClNOS. The van der Waals surface area contributed by atoms with Crippen molar-refractivity contribution in [2.75, 3.05) is 12.3 Å². The summed E-state index contributed by atoms with van der Waals surface area (Å²) in [5, 5.41) is 3.34. The molecule has 0 aliphatic carbocycles. The molecule has 0 aliphatic rings. The standard InChI is InChI=1S/C9H10ClNOS/c10-8-3-1-7(2-4-8)9(12)11-5-6-13/h1-4,13H,5-6H2,(H,11,12). The van der Waals surface area contributed by atoms with Crippen LogP contribution in [-0.2, 0) is 0 Å². The Kier molecular flexibility index (Phi) is 4.12. The number of amides is 1. The number of nitrogens with one attached hydrogen (secondary N) is 1. The molecule has 0 atom stereocenters. The lowest BCUT2D eigenvalue weighted by Crippen LogP contribution is -2.25. The maximum Gasteiger partial charge on any atom is 0.251 e. The van der Waals surface area contributed by atoms with Crippen LogP contribution in [0.4, 0.5) is 0 Å². The molecule has 0 fully saturated rings. The van der Waals surface area contributed by atoms with Gasteiger partial charge in [0.2, 0.25) is 0 Å². The zero-order valence-corrected chi connectivity index (χ0v) is 8.61. The van der Waals surface area contributed by atoms with Crippen LogP contribution in [0.2, 0.25) is 5.02 Å². The van der Waals surface area contributed by atoms with Crippen molar-refractivity contribution in [3.05, 3.63) is 34.9 Å². The van der Waals surface area contributed by atoms with Crippen molar-refractivity contribution in [3.63, 3.8) is 0 Å². The van der Waals surface area contributed by atoms with Gasteiger partial charge in [-0.3, -0.25) is 4.79 Å². The highest BCUT2D eigenvalue weighted by atomic mass is 35.5. The first-order chi connectivity index (χ1) is 6.24. The Morgan fingerprint density at radius 1 is 1.38 bits per heavy atom. The normalized spacial score (nSPS) is 9.69. The number of carbonyl (C=O) groups is 1. The molecule has 1 aromatic carbocycles. The van der Waals surface area contributed by atoms with Crippen LogP contribution < -0.4 is 5.32 Å². The van der Waals surface area contributed by atoms with Crippen molar-refractivity contribution in [1.29, 1.82) is 0 Å². The van der Waals surface area contributed by atoms with Gasteiger partial charge in [-0.2, -0.15) is 12.6 Å². The average molecular weight is 216 g/mol. The van der Waals surface area contributed by atoms with E-state index in [1.54, 1.807) is 24.3 Å². The minimum absolute atomic E-state index is 0.0919. The zero-order chi connectivity index (χ0) is 9.68. The second kappa shape index (κ2) is 5.14. The van der Waals surface area contributed by atoms with Gasteiger partial charge >= 0.3 is 0 Å². The highest BCUT2D eigenvalue weighted by Gasteiger charge is 2.02. The van der Waals surface area contributed by atoms with Crippen LogP contribution in [0.25, 0.3) is 0 Å². The molecule has 1 aromatic rings. The summed E-state index contributed by atoms with van der Waals surface area (Å²) in [4.78, 5) is 11.3. The summed E-state index contributed by atoms with van der Waals surface area (Å²) in [5.41, 5.74) is 0.617. The first kappa shape index (κ1) is 10.4. The van der Waals surface area contributed by atoms with Crippen molar-refractivity contribution in [1.82, 2.24) is 5.32 Å². The van der Waals surface area contributed by atoms with Crippen molar-refractivity contribution in [2.24, 2.45) is 0 Å². The molecule has 0 saturated heterocycles. The van der Waals surface area contributed by atoms with E-state index < -0.39 is 0 Å². The Hall–Kier alpha value is -0.670. The van der Waals surface area contributed by atoms with Gasteiger partial charge in [-0.1, -0.05) is 11.6 Å². The molecule has 0 radical (unpaired) electrons. The first-order valence-corrected chi connectivity index (χ1v) is 4.89. The zero-order valence-electron chi connectivity index (χ0n) is 6.96. The lowest BCUT2D eigenvalue weighted by atomic mass is 10.2. The fourth-order valence-corrected chi connectivity index (χ4v) is 1.11. The molecule has 0 saturated carbocycles. The summed E-state index contributed by atoms with van der Waals surface area (Å²) in [7, 11) is 0. The van der Waals surface area contributed by atoms with Crippen LogP contribution in [0.5, 0.6) is 0 Å². The van der Waals surface area contributed by atoms with E-state index in [-0.39, 0.29) is 5.91 Å². The van der Waals surface area contributed by atoms with E-state index in [9.17, 15) is 4.79 Å². The molecule has 1 amide bonds. The van der Waals surface area contributed by atoms with E-state index in [1.165, 1.54) is 0 Å². The Morgan fingerprint density at radius 2 is 2.00 bits per heavy atom. The van der Waals surface area contributed by atoms with Gasteiger partial charge in [0.15, 0.2) is 0 Å². The second-order valence-electron chi connectivity index (χ2n) is 2.49. The van der Waals surface area contributed by atoms with Crippen molar-refractivity contribution < 1.29 is 4.79 Å². The predicted molar refractivity (Wildman–Crippen MR) is 57.6 cm³/mol. The van der Waals surface area contributed by atoms with Gasteiger partial charge in [0.05, 0.1) is 0 Å². The molecule has 4 heteroatoms. The summed E-state index contributed by atoms with van der Waals surface area (Å²) in [6.07, 6.45) is 0. The summed E-state index contributed by atoms with van der Waals surface area (Å²) in [6, 6.07) is 6.76. The molecule has 0 heterocycles. The second-order valence-corrected chi connectivity index (χ2v) is 3.37. The van der Waals surface area contributed by atoms with Gasteiger partial charge in [-0.25, -0.2) is 0 Å². The third-order valence-corrected chi connectivity index (χ3v) is 1.98. The molecule has 0 aromatic heterocycles. The molecule has 0 spiro atoms. The molecule has 1 N–H and O–H groups in total. The highest BCUT2D eigenvalue weighted by Crippen LogP contribution is 2.08. The summed E-state index contributed by atoms with van der Waals surface area (Å²) in [6.45, 7) is 0.574. The monoisotopic (exact) mass is 215 g/mol. The minimum atomic E-state index is -0.0919. The molecular weight excluding hydrogens is 206 g/mol. The lowest BCUT2D eigenvalue weighted by Gasteiger charge is -2.02. The van der Waals surface area contributed by atoms with Crippen LogP contribution in [0.3, 0.4) is 0 Å². The fourth-order valence-electron chi connectivity index (χ4n) is 0.873. The SMILES string of the molecule is O=C(NCCS)c1ccc(Cl)cc1. The van der Waals surface area contributed by atoms with Crippen molar-refractivity contribution in [3.8, 4) is 0 Å². The van der Waals surface area contributed by atoms with E-state index >= 15 is 0 Å². The van der Waals surface area contributed by atoms with Gasteiger partial charge in [0, 0.05) is 22.9 Å². The first-order valence-electron chi connectivity index (χ1n) is 3.88. The van der Waals surface area contributed by atoms with Gasteiger partial charge in [0.25, 0.3) is 5.91 Å². The number of hydrogen-bond acceptors (Lipinski definition) is 2. The third-order valence-electron chi connectivity index (χ3n) is 1.50. The molecule has 70 valence electrons. The summed E-state index contributed by atoms with van der Waals surface area (Å²) >= 11 is 9.66. The largest absolute Gasteiger partial charge is 0.351 e. The number of hydrogen-bond donors (Lipinski definition) is 2. The van der Waals surface area contributed by atoms with E-state index in [1.807, 2.05) is 0 Å². The quantitative estimate of drug-likeness (QED) is 0.743. The van der Waals surface area contributed by atoms with Gasteiger partial charge < -0.3 is 5.32 Å². The maximum absolute atomic E-state index is 11.3. The van der Waals surface area contributed by atoms with Crippen molar-refractivity contribution >= 4 is 30.1 Å². The number of halogens is 1. The van der Waals surface area contributed by atoms with E-state index in [4.69, 9.17) is 11.6 Å². The minimum Gasteiger partial charge on any atom is -0.351 e. The van der Waals surface area contributed by atoms with Crippen LogP contribution in [0.15, 0.2) is 24.3 Å². The molecule has 13 heavy (non-hydrogen) atoms.